The summed E-state index contributed by atoms with van der Waals surface area (Å²) in [4.78, 5) is 13.9. The van der Waals surface area contributed by atoms with Crippen LogP contribution in [0.1, 0.15) is 5.56 Å². The molecule has 0 amide bonds. The summed E-state index contributed by atoms with van der Waals surface area (Å²) >= 11 is 0. The molecule has 326 valence electrons. The third-order valence-corrected chi connectivity index (χ3v) is 11.5. The highest BCUT2D eigenvalue weighted by Crippen LogP contribution is 2.54. The van der Waals surface area contributed by atoms with E-state index in [2.05, 4.69) is 12.5 Å². The lowest BCUT2D eigenvalue weighted by atomic mass is 9.91. The standard InChI is InChI=1S/C32H22F9NO15S3/c1-50-19-9-13(5-6-17(19)55-58(44,45)30(33,34)35)23-24-16-11-20(51-2)21(56-59(46,47)31(36,37)38)12-18(16)54-29(43)26(24)42-8-7-14-15(25(23)42)10-22(52-3)28(53-4)27(14)57-60(48,49)32(39,40)41/h5-6,9-12H,7-8H2,1-4H3. The topological polar surface area (TPSA) is 202 Å². The van der Waals surface area contributed by atoms with Gasteiger partial charge in [-0.1, -0.05) is 6.07 Å². The summed E-state index contributed by atoms with van der Waals surface area (Å²) in [6.07, 6.45) is -0.428. The van der Waals surface area contributed by atoms with Crippen LogP contribution in [-0.4, -0.2) is 74.8 Å². The monoisotopic (exact) mass is 927 g/mol. The van der Waals surface area contributed by atoms with Crippen LogP contribution in [0.3, 0.4) is 0 Å². The summed E-state index contributed by atoms with van der Waals surface area (Å²) in [7, 11) is -15.3. The van der Waals surface area contributed by atoms with Crippen LogP contribution < -0.4 is 37.1 Å². The summed E-state index contributed by atoms with van der Waals surface area (Å²) in [6, 6.07) is 5.11. The molecule has 0 N–H and O–H groups in total. The zero-order chi connectivity index (χ0) is 44.7. The van der Waals surface area contributed by atoms with E-state index >= 15 is 0 Å². The lowest BCUT2D eigenvalue weighted by Gasteiger charge is -2.26. The summed E-state index contributed by atoms with van der Waals surface area (Å²) in [5, 5.41) is -0.529. The molecule has 3 aromatic carbocycles. The minimum absolute atomic E-state index is 0.207. The molecule has 0 spiro atoms. The van der Waals surface area contributed by atoms with Crippen molar-refractivity contribution in [1.82, 2.24) is 4.57 Å². The summed E-state index contributed by atoms with van der Waals surface area (Å²) in [6.45, 7) is -0.419. The Morgan fingerprint density at radius 3 is 1.68 bits per heavy atom. The maximum atomic E-state index is 13.9. The van der Waals surface area contributed by atoms with E-state index in [1.54, 1.807) is 0 Å². The molecule has 0 fully saturated rings. The van der Waals surface area contributed by atoms with Crippen molar-refractivity contribution in [3.63, 3.8) is 0 Å². The average Bonchev–Trinajstić information content (AvgIpc) is 3.49. The number of halogens is 9. The van der Waals surface area contributed by atoms with Gasteiger partial charge in [-0.15, -0.1) is 0 Å². The van der Waals surface area contributed by atoms with Crippen LogP contribution in [0.2, 0.25) is 0 Å². The Labute approximate surface area is 329 Å². The van der Waals surface area contributed by atoms with Gasteiger partial charge in [0.15, 0.2) is 34.5 Å². The summed E-state index contributed by atoms with van der Waals surface area (Å²) < 4.78 is 234. The second kappa shape index (κ2) is 14.5. The highest BCUT2D eigenvalue weighted by molar-refractivity contribution is 7.88. The first-order valence-corrected chi connectivity index (χ1v) is 20.0. The Kier molecular flexibility index (Phi) is 10.6. The van der Waals surface area contributed by atoms with E-state index in [0.29, 0.717) is 12.1 Å². The van der Waals surface area contributed by atoms with Gasteiger partial charge >= 0.3 is 52.5 Å². The van der Waals surface area contributed by atoms with Gasteiger partial charge in [0.1, 0.15) is 11.1 Å². The molecule has 1 aliphatic rings. The number of methoxy groups -OCH3 is 4. The predicted octanol–water partition coefficient (Wildman–Crippen LogP) is 6.36. The smallest absolute Gasteiger partial charge is 0.493 e. The molecule has 0 saturated heterocycles. The number of hydrogen-bond acceptors (Lipinski definition) is 15. The van der Waals surface area contributed by atoms with Crippen LogP contribution in [0, 0.1) is 0 Å². The van der Waals surface area contributed by atoms with E-state index in [4.69, 9.17) is 23.4 Å². The molecule has 0 aliphatic carbocycles. The number of aromatic nitrogens is 1. The van der Waals surface area contributed by atoms with Gasteiger partial charge in [0.2, 0.25) is 5.75 Å². The van der Waals surface area contributed by atoms with Crippen molar-refractivity contribution in [2.45, 2.75) is 29.5 Å². The summed E-state index contributed by atoms with van der Waals surface area (Å²) in [5.41, 5.74) is -21.4. The van der Waals surface area contributed by atoms with Gasteiger partial charge in [-0.2, -0.15) is 64.8 Å². The first-order valence-electron chi connectivity index (χ1n) is 15.8. The Morgan fingerprint density at radius 2 is 1.15 bits per heavy atom. The molecular formula is C32H22F9NO15S3. The first-order chi connectivity index (χ1) is 27.6. The Hall–Kier alpha value is -5.77. The normalized spacial score (nSPS) is 13.8. The fourth-order valence-electron chi connectivity index (χ4n) is 6.22. The zero-order valence-corrected chi connectivity index (χ0v) is 32.5. The maximum Gasteiger partial charge on any atom is 0.534 e. The van der Waals surface area contributed by atoms with Gasteiger partial charge < -0.3 is 40.5 Å². The maximum absolute atomic E-state index is 13.9. The largest absolute Gasteiger partial charge is 0.534 e. The first kappa shape index (κ1) is 43.8. The third-order valence-electron chi connectivity index (χ3n) is 8.66. The Bertz CT molecular complexity index is 2990. The van der Waals surface area contributed by atoms with Gasteiger partial charge in [0, 0.05) is 40.1 Å². The van der Waals surface area contributed by atoms with Crippen LogP contribution in [0.5, 0.6) is 40.2 Å². The number of aryl methyl sites for hydroxylation is 1. The van der Waals surface area contributed by atoms with Gasteiger partial charge in [0.25, 0.3) is 0 Å². The molecule has 16 nitrogen and oxygen atoms in total. The lowest BCUT2D eigenvalue weighted by Crippen LogP contribution is -2.29. The molecule has 60 heavy (non-hydrogen) atoms. The van der Waals surface area contributed by atoms with Crippen LogP contribution in [-0.2, 0) is 43.3 Å². The van der Waals surface area contributed by atoms with Crippen molar-refractivity contribution in [1.29, 1.82) is 0 Å². The minimum atomic E-state index is -6.42. The molecule has 0 radical (unpaired) electrons. The third kappa shape index (κ3) is 7.17. The van der Waals surface area contributed by atoms with E-state index in [1.165, 1.54) is 4.57 Å². The van der Waals surface area contributed by atoms with E-state index in [9.17, 15) is 69.6 Å². The van der Waals surface area contributed by atoms with Crippen molar-refractivity contribution in [3.05, 3.63) is 52.4 Å². The van der Waals surface area contributed by atoms with Crippen molar-refractivity contribution in [2.75, 3.05) is 28.4 Å². The van der Waals surface area contributed by atoms with Crippen LogP contribution in [0.4, 0.5) is 39.5 Å². The zero-order valence-electron chi connectivity index (χ0n) is 30.1. The van der Waals surface area contributed by atoms with E-state index < -0.39 is 117 Å². The molecular weight excluding hydrogens is 906 g/mol. The fourth-order valence-corrected chi connectivity index (χ4v) is 7.64. The second-order valence-electron chi connectivity index (χ2n) is 12.0. The number of alkyl halides is 9. The lowest BCUT2D eigenvalue weighted by molar-refractivity contribution is -0.0505. The Morgan fingerprint density at radius 1 is 0.617 bits per heavy atom. The molecule has 3 heterocycles. The van der Waals surface area contributed by atoms with Crippen LogP contribution >= 0.6 is 0 Å². The number of hydrogen-bond donors (Lipinski definition) is 0. The summed E-state index contributed by atoms with van der Waals surface area (Å²) in [5.74, 6) is -5.65. The predicted molar refractivity (Wildman–Crippen MR) is 186 cm³/mol. The SMILES string of the molecule is COc1cc(-c2c3n(c4c(=O)oc5cc(OS(=O)(=O)C(F)(F)F)c(OC)cc5c24)CCc2c-3cc(OC)c(OC)c2OS(=O)(=O)C(F)(F)F)ccc1OS(=O)(=O)C(F)(F)F. The van der Waals surface area contributed by atoms with Gasteiger partial charge in [-0.05, 0) is 36.2 Å². The quantitative estimate of drug-likeness (QED) is 0.0613. The van der Waals surface area contributed by atoms with Crippen molar-refractivity contribution < 1.29 is 101 Å². The van der Waals surface area contributed by atoms with E-state index in [-0.39, 0.29) is 38.7 Å². The number of benzene rings is 3. The minimum Gasteiger partial charge on any atom is -0.493 e. The van der Waals surface area contributed by atoms with Crippen molar-refractivity contribution >= 4 is 52.2 Å². The van der Waals surface area contributed by atoms with E-state index in [0.717, 1.165) is 52.7 Å². The van der Waals surface area contributed by atoms with Crippen molar-refractivity contribution in [2.24, 2.45) is 0 Å². The fraction of sp³-hybridized carbons (Fsp3) is 0.281. The molecule has 0 bridgehead atoms. The molecule has 1 aliphatic heterocycles. The highest BCUT2D eigenvalue weighted by Gasteiger charge is 2.51. The van der Waals surface area contributed by atoms with Gasteiger partial charge in [-0.3, -0.25) is 0 Å². The number of rotatable bonds is 11. The second-order valence-corrected chi connectivity index (χ2v) is 16.6. The van der Waals surface area contributed by atoms with Gasteiger partial charge in [0.05, 0.1) is 34.1 Å². The Balaban J connectivity index is 1.78. The van der Waals surface area contributed by atoms with Crippen molar-refractivity contribution in [3.8, 4) is 62.6 Å². The molecule has 2 aromatic heterocycles. The number of fused-ring (bicyclic) bond motifs is 7. The molecule has 6 rings (SSSR count). The molecule has 28 heteroatoms. The van der Waals surface area contributed by atoms with Crippen LogP contribution in [0.25, 0.3) is 44.3 Å². The van der Waals surface area contributed by atoms with E-state index in [1.807, 2.05) is 0 Å². The van der Waals surface area contributed by atoms with Crippen LogP contribution in [0.15, 0.2) is 45.6 Å². The number of nitrogens with zero attached hydrogens (tertiary/aromatic N) is 1. The molecule has 0 unspecified atom stereocenters. The van der Waals surface area contributed by atoms with Gasteiger partial charge in [-0.25, -0.2) is 4.79 Å². The number of ether oxygens (including phenoxy) is 4. The highest BCUT2D eigenvalue weighted by atomic mass is 32.2. The average molecular weight is 928 g/mol. The molecule has 0 saturated carbocycles. The molecule has 5 aromatic rings. The molecule has 0 atom stereocenters.